The number of aliphatic imine (C=N–C) groups is 4. The molecule has 0 saturated carbocycles. The molecule has 0 N–H and O–H groups in total. The highest BCUT2D eigenvalue weighted by atomic mass is 15.0. The third kappa shape index (κ3) is 3.55. The second-order valence-corrected chi connectivity index (χ2v) is 1.82. The van der Waals surface area contributed by atoms with Gasteiger partial charge in [-0.05, 0) is 13.6 Å². The van der Waals surface area contributed by atoms with E-state index < -0.39 is 0 Å². The maximum absolute atomic E-state index is 3.90. The molecule has 0 aliphatic heterocycles. The maximum atomic E-state index is 3.90. The van der Waals surface area contributed by atoms with Gasteiger partial charge in [0.2, 0.25) is 0 Å². The van der Waals surface area contributed by atoms with E-state index in [1.165, 1.54) is 6.34 Å². The number of hydrogen-bond acceptors (Lipinski definition) is 2. The minimum atomic E-state index is 0.388. The lowest BCUT2D eigenvalue weighted by molar-refractivity contribution is 1.40. The van der Waals surface area contributed by atoms with Crippen molar-refractivity contribution in [3.63, 3.8) is 0 Å². The predicted molar refractivity (Wildman–Crippen MR) is 54.7 cm³/mol. The molecule has 0 amide bonds. The second-order valence-electron chi connectivity index (χ2n) is 1.82. The molecule has 0 heterocycles. The van der Waals surface area contributed by atoms with Crippen molar-refractivity contribution in [2.45, 2.75) is 6.92 Å². The van der Waals surface area contributed by atoms with Crippen LogP contribution in [0.1, 0.15) is 6.92 Å². The molecule has 12 heavy (non-hydrogen) atoms. The van der Waals surface area contributed by atoms with E-state index in [1.807, 2.05) is 0 Å². The van der Waals surface area contributed by atoms with Gasteiger partial charge in [-0.15, -0.1) is 0 Å². The summed E-state index contributed by atoms with van der Waals surface area (Å²) in [4.78, 5) is 15.1. The molecule has 0 unspecified atom stereocenters. The van der Waals surface area contributed by atoms with E-state index in [1.54, 1.807) is 20.2 Å². The van der Waals surface area contributed by atoms with Crippen LogP contribution in [0.3, 0.4) is 0 Å². The zero-order chi connectivity index (χ0) is 9.40. The van der Waals surface area contributed by atoms with E-state index >= 15 is 0 Å². The zero-order valence-electron chi connectivity index (χ0n) is 7.36. The van der Waals surface area contributed by atoms with Gasteiger partial charge in [0.05, 0.1) is 0 Å². The first kappa shape index (κ1) is 10.4. The van der Waals surface area contributed by atoms with Crippen molar-refractivity contribution in [2.75, 3.05) is 7.05 Å². The van der Waals surface area contributed by atoms with Crippen molar-refractivity contribution in [3.8, 4) is 0 Å². The van der Waals surface area contributed by atoms with Crippen molar-refractivity contribution in [1.82, 2.24) is 0 Å². The molecule has 0 spiro atoms. The lowest BCUT2D eigenvalue weighted by Gasteiger charge is -1.94. The molecule has 0 aliphatic carbocycles. The lowest BCUT2D eigenvalue weighted by atomic mass is 10.4. The van der Waals surface area contributed by atoms with E-state index in [0.29, 0.717) is 11.5 Å². The summed E-state index contributed by atoms with van der Waals surface area (Å²) in [6.45, 7) is 8.78. The van der Waals surface area contributed by atoms with Crippen LogP contribution in [0.5, 0.6) is 0 Å². The summed E-state index contributed by atoms with van der Waals surface area (Å²) in [5.74, 6) is 0.388. The fourth-order valence-corrected chi connectivity index (χ4v) is 0.533. The zero-order valence-corrected chi connectivity index (χ0v) is 7.36. The maximum Gasteiger partial charge on any atom is 0.178 e. The summed E-state index contributed by atoms with van der Waals surface area (Å²) >= 11 is 0. The van der Waals surface area contributed by atoms with Crippen molar-refractivity contribution in [2.24, 2.45) is 20.0 Å². The molecular formula is C8H12N4. The highest BCUT2D eigenvalue weighted by Gasteiger charge is 1.96. The molecule has 0 atom stereocenters. The van der Waals surface area contributed by atoms with E-state index in [9.17, 15) is 0 Å². The molecule has 4 nitrogen and oxygen atoms in total. The van der Waals surface area contributed by atoms with Crippen LogP contribution in [0.25, 0.3) is 0 Å². The lowest BCUT2D eigenvalue weighted by Crippen LogP contribution is -1.95. The normalized spacial score (nSPS) is 12.7. The van der Waals surface area contributed by atoms with Crippen LogP contribution in [-0.4, -0.2) is 32.2 Å². The predicted octanol–water partition coefficient (Wildman–Crippen LogP) is 1.35. The Morgan fingerprint density at radius 3 is 2.50 bits per heavy atom. The summed E-state index contributed by atoms with van der Waals surface area (Å²) in [5, 5.41) is 0. The quantitative estimate of drug-likeness (QED) is 0.446. The fraction of sp³-hybridized carbons (Fsp3) is 0.250. The molecule has 0 rings (SSSR count). The topological polar surface area (TPSA) is 49.4 Å². The van der Waals surface area contributed by atoms with Gasteiger partial charge in [0.1, 0.15) is 12.0 Å². The second kappa shape index (κ2) is 6.15. The van der Waals surface area contributed by atoms with Crippen molar-refractivity contribution in [1.29, 1.82) is 0 Å². The van der Waals surface area contributed by atoms with Gasteiger partial charge in [-0.2, -0.15) is 0 Å². The molecule has 0 aromatic heterocycles. The van der Waals surface area contributed by atoms with Gasteiger partial charge in [-0.3, -0.25) is 9.98 Å². The molecule has 0 saturated heterocycles. The van der Waals surface area contributed by atoms with Crippen LogP contribution in [-0.2, 0) is 0 Å². The largest absolute Gasteiger partial charge is 0.277 e. The fourth-order valence-electron chi connectivity index (χ4n) is 0.533. The summed E-state index contributed by atoms with van der Waals surface area (Å²) in [6, 6.07) is 0. The molecular weight excluding hydrogens is 152 g/mol. The smallest absolute Gasteiger partial charge is 0.178 e. The molecule has 0 aromatic rings. The van der Waals surface area contributed by atoms with Crippen molar-refractivity contribution >= 4 is 25.1 Å². The Hall–Kier alpha value is -1.58. The van der Waals surface area contributed by atoms with E-state index in [0.717, 1.165) is 0 Å². The molecule has 0 radical (unpaired) electrons. The first-order valence-corrected chi connectivity index (χ1v) is 3.39. The number of hydrogen-bond donors (Lipinski definition) is 0. The van der Waals surface area contributed by atoms with Crippen LogP contribution >= 0.6 is 0 Å². The highest BCUT2D eigenvalue weighted by Crippen LogP contribution is 1.96. The summed E-state index contributed by atoms with van der Waals surface area (Å²) in [7, 11) is 1.62. The van der Waals surface area contributed by atoms with Crippen molar-refractivity contribution in [3.05, 3.63) is 12.3 Å². The van der Waals surface area contributed by atoms with Gasteiger partial charge in [0.15, 0.2) is 5.84 Å². The third-order valence-corrected chi connectivity index (χ3v) is 0.988. The standard InChI is InChI=1S/C8H12N4/c1-5-11-7(2)8(10-4)12-6-9-3/h5-6H,2,4H2,1,3H3/b9-6-,11-5-,12-8+. The van der Waals surface area contributed by atoms with Crippen LogP contribution in [0.4, 0.5) is 0 Å². The van der Waals surface area contributed by atoms with Crippen LogP contribution in [0.15, 0.2) is 32.2 Å². The Labute approximate surface area is 72.2 Å². The highest BCUT2D eigenvalue weighted by molar-refractivity contribution is 6.04. The van der Waals surface area contributed by atoms with Crippen molar-refractivity contribution < 1.29 is 0 Å². The molecule has 0 fully saturated rings. The minimum absolute atomic E-state index is 0.388. The van der Waals surface area contributed by atoms with Crippen LogP contribution < -0.4 is 0 Å². The molecule has 64 valence electrons. The summed E-state index contributed by atoms with van der Waals surface area (Å²) in [5.41, 5.74) is 0.479. The first-order chi connectivity index (χ1) is 5.76. The first-order valence-electron chi connectivity index (χ1n) is 3.39. The monoisotopic (exact) mass is 164 g/mol. The van der Waals surface area contributed by atoms with E-state index in [2.05, 4.69) is 33.3 Å². The Morgan fingerprint density at radius 2 is 2.08 bits per heavy atom. The van der Waals surface area contributed by atoms with Gasteiger partial charge in [0.25, 0.3) is 0 Å². The van der Waals surface area contributed by atoms with E-state index in [-0.39, 0.29) is 0 Å². The average Bonchev–Trinajstić information content (AvgIpc) is 2.06. The molecule has 0 bridgehead atoms. The SMILES string of the molecule is C=N/C(=N/C=N\C)C(=C)/N=C\C. The Balaban J connectivity index is 4.55. The van der Waals surface area contributed by atoms with Gasteiger partial charge in [0, 0.05) is 13.3 Å². The Bertz CT molecular complexity index is 248. The van der Waals surface area contributed by atoms with Gasteiger partial charge < -0.3 is 0 Å². The van der Waals surface area contributed by atoms with Crippen LogP contribution in [0, 0.1) is 0 Å². The third-order valence-electron chi connectivity index (χ3n) is 0.988. The van der Waals surface area contributed by atoms with Gasteiger partial charge in [-0.1, -0.05) is 6.58 Å². The molecule has 4 heteroatoms. The number of nitrogens with zero attached hydrogens (tertiary/aromatic N) is 4. The Kier molecular flexibility index (Phi) is 5.34. The van der Waals surface area contributed by atoms with Gasteiger partial charge in [-0.25, -0.2) is 9.98 Å². The van der Waals surface area contributed by atoms with E-state index in [4.69, 9.17) is 0 Å². The summed E-state index contributed by atoms with van der Waals surface area (Å²) in [6.07, 6.45) is 2.99. The number of amidine groups is 1. The van der Waals surface area contributed by atoms with Gasteiger partial charge >= 0.3 is 0 Å². The minimum Gasteiger partial charge on any atom is -0.277 e. The Morgan fingerprint density at radius 1 is 1.42 bits per heavy atom. The molecule has 0 aliphatic rings. The molecule has 0 aromatic carbocycles. The average molecular weight is 164 g/mol. The number of rotatable bonds is 3. The summed E-state index contributed by atoms with van der Waals surface area (Å²) < 4.78 is 0. The van der Waals surface area contributed by atoms with Crippen LogP contribution in [0.2, 0.25) is 0 Å².